The highest BCUT2D eigenvalue weighted by atomic mass is 16.1. The van der Waals surface area contributed by atoms with Gasteiger partial charge in [-0.15, -0.1) is 0 Å². The van der Waals surface area contributed by atoms with Crippen LogP contribution >= 0.6 is 0 Å². The summed E-state index contributed by atoms with van der Waals surface area (Å²) in [5.74, 6) is 0.543. The van der Waals surface area contributed by atoms with Crippen molar-refractivity contribution in [1.29, 1.82) is 0 Å². The molecule has 6 nitrogen and oxygen atoms in total. The molecule has 1 aromatic carbocycles. The van der Waals surface area contributed by atoms with E-state index < -0.39 is 0 Å². The molecule has 2 heterocycles. The number of hydrogen-bond acceptors (Lipinski definition) is 5. The molecule has 0 saturated carbocycles. The van der Waals surface area contributed by atoms with Crippen LogP contribution in [0.5, 0.6) is 0 Å². The fourth-order valence-electron chi connectivity index (χ4n) is 2.17. The summed E-state index contributed by atoms with van der Waals surface area (Å²) in [6.45, 7) is 2.46. The Kier molecular flexibility index (Phi) is 4.14. The number of rotatable bonds is 4. The fourth-order valence-corrected chi connectivity index (χ4v) is 2.17. The second kappa shape index (κ2) is 6.39. The lowest BCUT2D eigenvalue weighted by molar-refractivity contribution is 0.642. The van der Waals surface area contributed by atoms with E-state index in [1.165, 1.54) is 16.3 Å². The van der Waals surface area contributed by atoms with Gasteiger partial charge < -0.3 is 5.32 Å². The molecule has 0 aliphatic rings. The third kappa shape index (κ3) is 3.42. The highest BCUT2D eigenvalue weighted by Crippen LogP contribution is 2.14. The van der Waals surface area contributed by atoms with Crippen molar-refractivity contribution >= 4 is 5.95 Å². The van der Waals surface area contributed by atoms with Crippen molar-refractivity contribution in [3.63, 3.8) is 0 Å². The maximum atomic E-state index is 12.0. The molecule has 0 amide bonds. The molecule has 0 fully saturated rings. The van der Waals surface area contributed by atoms with Gasteiger partial charge in [0.2, 0.25) is 5.95 Å². The van der Waals surface area contributed by atoms with E-state index in [1.807, 2.05) is 31.2 Å². The van der Waals surface area contributed by atoms with Crippen LogP contribution in [0.15, 0.2) is 53.6 Å². The van der Waals surface area contributed by atoms with Crippen LogP contribution in [0.3, 0.4) is 0 Å². The van der Waals surface area contributed by atoms with Crippen LogP contribution in [-0.2, 0) is 6.54 Å². The molecule has 2 aromatic heterocycles. The lowest BCUT2D eigenvalue weighted by Gasteiger charge is -2.08. The van der Waals surface area contributed by atoms with Crippen LogP contribution in [0, 0.1) is 6.92 Å². The molecule has 0 bridgehead atoms. The van der Waals surface area contributed by atoms with E-state index >= 15 is 0 Å². The Hall–Kier alpha value is -3.02. The Morgan fingerprint density at radius 1 is 1.04 bits per heavy atom. The number of nitrogens with one attached hydrogen (secondary N) is 1. The predicted octanol–water partition coefficient (Wildman–Crippen LogP) is 2.10. The minimum atomic E-state index is -0.137. The van der Waals surface area contributed by atoms with Crippen molar-refractivity contribution in [2.24, 2.45) is 0 Å². The molecular formula is C17H17N5O. The first-order chi connectivity index (χ1) is 11.2. The average molecular weight is 307 g/mol. The van der Waals surface area contributed by atoms with E-state index in [4.69, 9.17) is 0 Å². The topological polar surface area (TPSA) is 72.7 Å². The first-order valence-corrected chi connectivity index (χ1v) is 7.29. The minimum Gasteiger partial charge on any atom is -0.357 e. The first kappa shape index (κ1) is 14.9. The van der Waals surface area contributed by atoms with E-state index in [0.29, 0.717) is 18.2 Å². The molecule has 3 aromatic rings. The van der Waals surface area contributed by atoms with Crippen molar-refractivity contribution in [2.75, 3.05) is 12.4 Å². The summed E-state index contributed by atoms with van der Waals surface area (Å²) >= 11 is 0. The number of nitrogens with zero attached hydrogens (tertiary/aromatic N) is 4. The molecule has 0 atom stereocenters. The Labute approximate surface area is 133 Å². The van der Waals surface area contributed by atoms with Gasteiger partial charge in [-0.3, -0.25) is 4.79 Å². The summed E-state index contributed by atoms with van der Waals surface area (Å²) in [4.78, 5) is 20.4. The van der Waals surface area contributed by atoms with Crippen LogP contribution in [0.2, 0.25) is 0 Å². The van der Waals surface area contributed by atoms with Crippen molar-refractivity contribution in [3.8, 4) is 11.3 Å². The van der Waals surface area contributed by atoms with Crippen LogP contribution in [0.25, 0.3) is 11.3 Å². The van der Waals surface area contributed by atoms with Gasteiger partial charge in [-0.25, -0.2) is 14.6 Å². The van der Waals surface area contributed by atoms with Gasteiger partial charge in [-0.1, -0.05) is 29.8 Å². The summed E-state index contributed by atoms with van der Waals surface area (Å²) in [6, 6.07) is 11.2. The van der Waals surface area contributed by atoms with Crippen LogP contribution in [0.4, 0.5) is 5.95 Å². The zero-order valence-corrected chi connectivity index (χ0v) is 13.0. The molecule has 0 unspecified atom stereocenters. The minimum absolute atomic E-state index is 0.137. The molecule has 3 rings (SSSR count). The number of hydrogen-bond donors (Lipinski definition) is 1. The Morgan fingerprint density at radius 2 is 1.74 bits per heavy atom. The SMILES string of the molecule is CNc1ncc(-c2ccc(=O)n(Cc3ccc(C)cc3)n2)cn1. The molecule has 1 N–H and O–H groups in total. The van der Waals surface area contributed by atoms with Crippen LogP contribution in [-0.4, -0.2) is 26.8 Å². The molecule has 0 radical (unpaired) electrons. The first-order valence-electron chi connectivity index (χ1n) is 7.29. The average Bonchev–Trinajstić information content (AvgIpc) is 2.59. The second-order valence-corrected chi connectivity index (χ2v) is 5.25. The van der Waals surface area contributed by atoms with Crippen molar-refractivity contribution in [1.82, 2.24) is 19.7 Å². The third-order valence-corrected chi connectivity index (χ3v) is 3.49. The van der Waals surface area contributed by atoms with Crippen molar-refractivity contribution in [2.45, 2.75) is 13.5 Å². The van der Waals surface area contributed by atoms with E-state index in [2.05, 4.69) is 20.4 Å². The van der Waals surface area contributed by atoms with E-state index in [9.17, 15) is 4.79 Å². The lowest BCUT2D eigenvalue weighted by atomic mass is 10.1. The molecule has 0 aliphatic carbocycles. The van der Waals surface area contributed by atoms with E-state index in [0.717, 1.165) is 11.1 Å². The zero-order chi connectivity index (χ0) is 16.2. The Balaban J connectivity index is 1.91. The monoisotopic (exact) mass is 307 g/mol. The van der Waals surface area contributed by atoms with Gasteiger partial charge in [0.15, 0.2) is 0 Å². The molecule has 0 saturated heterocycles. The van der Waals surface area contributed by atoms with Crippen molar-refractivity contribution < 1.29 is 0 Å². The number of anilines is 1. The predicted molar refractivity (Wildman–Crippen MR) is 89.4 cm³/mol. The fraction of sp³-hybridized carbons (Fsp3) is 0.176. The molecule has 6 heteroatoms. The Bertz CT molecular complexity index is 853. The quantitative estimate of drug-likeness (QED) is 0.799. The smallest absolute Gasteiger partial charge is 0.267 e. The lowest BCUT2D eigenvalue weighted by Crippen LogP contribution is -2.22. The standard InChI is InChI=1S/C17H17N5O/c1-12-3-5-13(6-4-12)11-22-16(23)8-7-15(21-22)14-9-19-17(18-2)20-10-14/h3-10H,11H2,1-2H3,(H,18,19,20). The summed E-state index contributed by atoms with van der Waals surface area (Å²) in [6.07, 6.45) is 3.36. The molecular weight excluding hydrogens is 290 g/mol. The van der Waals surface area contributed by atoms with Gasteiger partial charge in [0, 0.05) is 31.1 Å². The van der Waals surface area contributed by atoms with Gasteiger partial charge in [0.1, 0.15) is 0 Å². The van der Waals surface area contributed by atoms with Crippen LogP contribution in [0.1, 0.15) is 11.1 Å². The summed E-state index contributed by atoms with van der Waals surface area (Å²) in [5, 5.41) is 7.28. The zero-order valence-electron chi connectivity index (χ0n) is 13.0. The van der Waals surface area contributed by atoms with Gasteiger partial charge in [0.25, 0.3) is 5.56 Å². The normalized spacial score (nSPS) is 10.5. The van der Waals surface area contributed by atoms with Gasteiger partial charge in [-0.05, 0) is 18.6 Å². The summed E-state index contributed by atoms with van der Waals surface area (Å²) in [5.41, 5.74) is 3.51. The number of aryl methyl sites for hydroxylation is 1. The Morgan fingerprint density at radius 3 is 2.39 bits per heavy atom. The molecule has 0 aliphatic heterocycles. The second-order valence-electron chi connectivity index (χ2n) is 5.25. The van der Waals surface area contributed by atoms with E-state index in [1.54, 1.807) is 25.5 Å². The third-order valence-electron chi connectivity index (χ3n) is 3.49. The highest BCUT2D eigenvalue weighted by Gasteiger charge is 2.05. The van der Waals surface area contributed by atoms with Gasteiger partial charge in [0.05, 0.1) is 12.2 Å². The van der Waals surface area contributed by atoms with Gasteiger partial charge in [-0.2, -0.15) is 5.10 Å². The number of benzene rings is 1. The number of aromatic nitrogens is 4. The largest absolute Gasteiger partial charge is 0.357 e. The molecule has 0 spiro atoms. The highest BCUT2D eigenvalue weighted by molar-refractivity contribution is 5.56. The van der Waals surface area contributed by atoms with E-state index in [-0.39, 0.29) is 5.56 Å². The molecule has 116 valence electrons. The summed E-state index contributed by atoms with van der Waals surface area (Å²) in [7, 11) is 1.76. The van der Waals surface area contributed by atoms with Crippen molar-refractivity contribution in [3.05, 3.63) is 70.3 Å². The van der Waals surface area contributed by atoms with Gasteiger partial charge >= 0.3 is 0 Å². The van der Waals surface area contributed by atoms with Crippen LogP contribution < -0.4 is 10.9 Å². The maximum Gasteiger partial charge on any atom is 0.267 e. The maximum absolute atomic E-state index is 12.0. The molecule has 23 heavy (non-hydrogen) atoms. The summed E-state index contributed by atoms with van der Waals surface area (Å²) < 4.78 is 1.45.